The second kappa shape index (κ2) is 5.55. The molecule has 0 spiro atoms. The number of rotatable bonds is 2. The Balaban J connectivity index is 2.25. The number of benzene rings is 2. The second-order valence-corrected chi connectivity index (χ2v) is 4.70. The number of nitriles is 1. The molecule has 0 heterocycles. The van der Waals surface area contributed by atoms with Crippen molar-refractivity contribution in [3.63, 3.8) is 0 Å². The summed E-state index contributed by atoms with van der Waals surface area (Å²) in [4.78, 5) is 12.1. The largest absolute Gasteiger partial charge is 0.397 e. The van der Waals surface area contributed by atoms with Crippen LogP contribution in [0.4, 0.5) is 11.4 Å². The number of anilines is 2. The van der Waals surface area contributed by atoms with Gasteiger partial charge in [0.1, 0.15) is 0 Å². The topological polar surface area (TPSA) is 78.9 Å². The lowest BCUT2D eigenvalue weighted by atomic mass is 10.1. The van der Waals surface area contributed by atoms with E-state index in [1.54, 1.807) is 30.3 Å². The van der Waals surface area contributed by atoms with E-state index >= 15 is 0 Å². The Morgan fingerprint density at radius 1 is 1.26 bits per heavy atom. The summed E-state index contributed by atoms with van der Waals surface area (Å²) in [6.45, 7) is 0. The predicted molar refractivity (Wildman–Crippen MR) is 77.7 cm³/mol. The van der Waals surface area contributed by atoms with Crippen LogP contribution in [0.5, 0.6) is 0 Å². The van der Waals surface area contributed by atoms with Crippen LogP contribution in [-0.4, -0.2) is 5.91 Å². The van der Waals surface area contributed by atoms with Crippen molar-refractivity contribution < 1.29 is 4.79 Å². The number of carbonyl (C=O) groups excluding carboxylic acids is 1. The van der Waals surface area contributed by atoms with E-state index in [2.05, 4.69) is 21.2 Å². The number of hydrogen-bond acceptors (Lipinski definition) is 3. The number of carbonyl (C=O) groups is 1. The zero-order valence-corrected chi connectivity index (χ0v) is 11.4. The third-order valence-electron chi connectivity index (χ3n) is 2.55. The normalized spacial score (nSPS) is 9.68. The van der Waals surface area contributed by atoms with Crippen molar-refractivity contribution in [3.05, 3.63) is 58.1 Å². The van der Waals surface area contributed by atoms with E-state index in [9.17, 15) is 4.79 Å². The molecule has 5 heteroatoms. The Labute approximate surface area is 119 Å². The van der Waals surface area contributed by atoms with Crippen molar-refractivity contribution in [2.45, 2.75) is 0 Å². The van der Waals surface area contributed by atoms with Gasteiger partial charge in [-0.15, -0.1) is 0 Å². The number of nitrogens with two attached hydrogens (primary N) is 1. The third kappa shape index (κ3) is 2.92. The molecule has 4 nitrogen and oxygen atoms in total. The number of hydrogen-bond donors (Lipinski definition) is 2. The molecule has 19 heavy (non-hydrogen) atoms. The summed E-state index contributed by atoms with van der Waals surface area (Å²) < 4.78 is 0.708. The van der Waals surface area contributed by atoms with Gasteiger partial charge in [-0.05, 0) is 46.3 Å². The van der Waals surface area contributed by atoms with Gasteiger partial charge in [0.05, 0.1) is 28.6 Å². The van der Waals surface area contributed by atoms with Crippen LogP contribution in [0.3, 0.4) is 0 Å². The van der Waals surface area contributed by atoms with Crippen LogP contribution in [0.15, 0.2) is 46.9 Å². The van der Waals surface area contributed by atoms with E-state index in [1.165, 1.54) is 6.07 Å². The lowest BCUT2D eigenvalue weighted by Crippen LogP contribution is -2.13. The Kier molecular flexibility index (Phi) is 3.83. The van der Waals surface area contributed by atoms with Crippen molar-refractivity contribution in [2.24, 2.45) is 0 Å². The molecular formula is C14H10BrN3O. The van der Waals surface area contributed by atoms with Crippen LogP contribution in [0.1, 0.15) is 15.9 Å². The molecule has 0 aliphatic carbocycles. The van der Waals surface area contributed by atoms with E-state index in [4.69, 9.17) is 11.0 Å². The van der Waals surface area contributed by atoms with E-state index < -0.39 is 0 Å². The Morgan fingerprint density at radius 2 is 2.00 bits per heavy atom. The monoisotopic (exact) mass is 315 g/mol. The van der Waals surface area contributed by atoms with E-state index in [-0.39, 0.29) is 5.91 Å². The van der Waals surface area contributed by atoms with Crippen LogP contribution in [0, 0.1) is 11.3 Å². The first-order valence-corrected chi connectivity index (χ1v) is 6.26. The average Bonchev–Trinajstić information content (AvgIpc) is 2.41. The van der Waals surface area contributed by atoms with Gasteiger partial charge >= 0.3 is 0 Å². The molecule has 0 unspecified atom stereocenters. The molecule has 0 radical (unpaired) electrons. The maximum Gasteiger partial charge on any atom is 0.256 e. The summed E-state index contributed by atoms with van der Waals surface area (Å²) >= 11 is 3.32. The van der Waals surface area contributed by atoms with Gasteiger partial charge in [-0.1, -0.05) is 12.1 Å². The fraction of sp³-hybridized carbons (Fsp3) is 0. The quantitative estimate of drug-likeness (QED) is 0.835. The van der Waals surface area contributed by atoms with Gasteiger partial charge in [0.2, 0.25) is 0 Å². The highest BCUT2D eigenvalue weighted by molar-refractivity contribution is 9.10. The van der Waals surface area contributed by atoms with Gasteiger partial charge in [-0.2, -0.15) is 5.26 Å². The van der Waals surface area contributed by atoms with Crippen molar-refractivity contribution in [1.82, 2.24) is 0 Å². The minimum absolute atomic E-state index is 0.260. The van der Waals surface area contributed by atoms with Gasteiger partial charge in [-0.3, -0.25) is 4.79 Å². The van der Waals surface area contributed by atoms with Gasteiger partial charge in [0.15, 0.2) is 0 Å². The molecule has 0 aromatic heterocycles. The van der Waals surface area contributed by atoms with Crippen LogP contribution < -0.4 is 11.1 Å². The van der Waals surface area contributed by atoms with Crippen LogP contribution >= 0.6 is 15.9 Å². The molecule has 3 N–H and O–H groups in total. The second-order valence-electron chi connectivity index (χ2n) is 3.85. The summed E-state index contributed by atoms with van der Waals surface area (Å²) in [5, 5.41) is 11.5. The number of nitrogens with one attached hydrogen (secondary N) is 1. The lowest BCUT2D eigenvalue weighted by molar-refractivity contribution is 0.102. The van der Waals surface area contributed by atoms with Crippen molar-refractivity contribution in [2.75, 3.05) is 11.1 Å². The van der Waals surface area contributed by atoms with Crippen LogP contribution in [-0.2, 0) is 0 Å². The van der Waals surface area contributed by atoms with E-state index in [0.717, 1.165) is 0 Å². The zero-order valence-electron chi connectivity index (χ0n) is 9.85. The number of nitrogens with zero attached hydrogens (tertiary/aromatic N) is 1. The third-order valence-corrected chi connectivity index (χ3v) is 3.24. The molecule has 0 saturated heterocycles. The van der Waals surface area contributed by atoms with E-state index in [0.29, 0.717) is 27.0 Å². The predicted octanol–water partition coefficient (Wildman–Crippen LogP) is 3.16. The van der Waals surface area contributed by atoms with Crippen molar-refractivity contribution in [3.8, 4) is 6.07 Å². The fourth-order valence-corrected chi connectivity index (χ4v) is 2.05. The number of halogens is 1. The summed E-state index contributed by atoms with van der Waals surface area (Å²) in [7, 11) is 0. The maximum absolute atomic E-state index is 12.1. The van der Waals surface area contributed by atoms with Crippen molar-refractivity contribution >= 4 is 33.2 Å². The Hall–Kier alpha value is -2.32. The molecule has 0 aliphatic rings. The Morgan fingerprint density at radius 3 is 2.63 bits per heavy atom. The SMILES string of the molecule is N#Cc1ccc(NC(=O)c2ccccc2Br)c(N)c1. The average molecular weight is 316 g/mol. The molecule has 2 aromatic carbocycles. The molecule has 0 fully saturated rings. The highest BCUT2D eigenvalue weighted by Gasteiger charge is 2.11. The number of nitrogen functional groups attached to an aromatic ring is 1. The molecule has 94 valence electrons. The standard InChI is InChI=1S/C14H10BrN3O/c15-11-4-2-1-3-10(11)14(19)18-13-6-5-9(8-16)7-12(13)17/h1-7H,17H2,(H,18,19). The van der Waals surface area contributed by atoms with Crippen LogP contribution in [0.25, 0.3) is 0 Å². The number of amides is 1. The fourth-order valence-electron chi connectivity index (χ4n) is 1.58. The zero-order chi connectivity index (χ0) is 13.8. The summed E-state index contributed by atoms with van der Waals surface area (Å²) in [5.41, 5.74) is 7.60. The summed E-state index contributed by atoms with van der Waals surface area (Å²) in [6, 6.07) is 13.8. The minimum atomic E-state index is -0.260. The first-order chi connectivity index (χ1) is 9.11. The summed E-state index contributed by atoms with van der Waals surface area (Å²) in [5.74, 6) is -0.260. The molecule has 0 aliphatic heterocycles. The lowest BCUT2D eigenvalue weighted by Gasteiger charge is -2.09. The smallest absolute Gasteiger partial charge is 0.256 e. The highest BCUT2D eigenvalue weighted by atomic mass is 79.9. The Bertz CT molecular complexity index is 677. The van der Waals surface area contributed by atoms with Gasteiger partial charge < -0.3 is 11.1 Å². The summed E-state index contributed by atoms with van der Waals surface area (Å²) in [6.07, 6.45) is 0. The first-order valence-electron chi connectivity index (χ1n) is 5.47. The van der Waals surface area contributed by atoms with Gasteiger partial charge in [-0.25, -0.2) is 0 Å². The molecule has 2 aromatic rings. The van der Waals surface area contributed by atoms with E-state index in [1.807, 2.05) is 12.1 Å². The minimum Gasteiger partial charge on any atom is -0.397 e. The molecule has 0 bridgehead atoms. The first kappa shape index (κ1) is 13.1. The maximum atomic E-state index is 12.1. The molecule has 0 atom stereocenters. The molecule has 1 amide bonds. The molecule has 0 saturated carbocycles. The molecule has 2 rings (SSSR count). The van der Waals surface area contributed by atoms with Crippen LogP contribution in [0.2, 0.25) is 0 Å². The van der Waals surface area contributed by atoms with Gasteiger partial charge in [0, 0.05) is 4.47 Å². The molecular weight excluding hydrogens is 306 g/mol. The van der Waals surface area contributed by atoms with Gasteiger partial charge in [0.25, 0.3) is 5.91 Å². The highest BCUT2D eigenvalue weighted by Crippen LogP contribution is 2.22. The van der Waals surface area contributed by atoms with Crippen molar-refractivity contribution in [1.29, 1.82) is 5.26 Å².